The summed E-state index contributed by atoms with van der Waals surface area (Å²) in [5.41, 5.74) is -0.780. The van der Waals surface area contributed by atoms with E-state index in [1.54, 1.807) is 11.0 Å². The first kappa shape index (κ1) is 15.5. The van der Waals surface area contributed by atoms with Crippen molar-refractivity contribution < 1.29 is 14.7 Å². The van der Waals surface area contributed by atoms with Gasteiger partial charge in [-0.15, -0.1) is 6.58 Å². The highest BCUT2D eigenvalue weighted by molar-refractivity contribution is 5.78. The van der Waals surface area contributed by atoms with Crippen molar-refractivity contribution in [2.24, 2.45) is 5.41 Å². The number of nitrogens with one attached hydrogen (secondary N) is 1. The van der Waals surface area contributed by atoms with Gasteiger partial charge in [-0.2, -0.15) is 0 Å². The van der Waals surface area contributed by atoms with Crippen LogP contribution in [0.15, 0.2) is 12.7 Å². The Labute approximate surface area is 114 Å². The van der Waals surface area contributed by atoms with E-state index < -0.39 is 11.4 Å². The molecule has 2 atom stereocenters. The van der Waals surface area contributed by atoms with Crippen LogP contribution < -0.4 is 5.32 Å². The van der Waals surface area contributed by atoms with Gasteiger partial charge in [-0.1, -0.05) is 13.0 Å². The van der Waals surface area contributed by atoms with Crippen LogP contribution >= 0.6 is 0 Å². The Bertz CT molecular complexity index is 357. The lowest BCUT2D eigenvalue weighted by Gasteiger charge is -2.39. The topological polar surface area (TPSA) is 69.6 Å². The third-order valence-corrected chi connectivity index (χ3v) is 3.88. The van der Waals surface area contributed by atoms with Crippen LogP contribution in [0.4, 0.5) is 4.79 Å². The summed E-state index contributed by atoms with van der Waals surface area (Å²) in [5.74, 6) is -0.799. The van der Waals surface area contributed by atoms with E-state index in [2.05, 4.69) is 11.9 Å². The van der Waals surface area contributed by atoms with Crippen LogP contribution in [0.25, 0.3) is 0 Å². The lowest BCUT2D eigenvalue weighted by Crippen LogP contribution is -2.53. The van der Waals surface area contributed by atoms with Crippen LogP contribution in [0.5, 0.6) is 0 Å². The van der Waals surface area contributed by atoms with Gasteiger partial charge in [0.1, 0.15) is 0 Å². The Morgan fingerprint density at radius 2 is 2.26 bits per heavy atom. The number of amides is 2. The number of carboxylic acid groups (broad SMARTS) is 1. The van der Waals surface area contributed by atoms with E-state index in [9.17, 15) is 14.7 Å². The molecule has 1 aliphatic rings. The van der Waals surface area contributed by atoms with Crippen LogP contribution in [0.1, 0.15) is 39.5 Å². The monoisotopic (exact) mass is 268 g/mol. The minimum Gasteiger partial charge on any atom is -0.481 e. The number of carboxylic acids is 1. The summed E-state index contributed by atoms with van der Waals surface area (Å²) < 4.78 is 0. The highest BCUT2D eigenvalue weighted by atomic mass is 16.4. The molecular weight excluding hydrogens is 244 g/mol. The second-order valence-corrected chi connectivity index (χ2v) is 5.34. The van der Waals surface area contributed by atoms with Crippen molar-refractivity contribution in [1.82, 2.24) is 10.2 Å². The SMILES string of the molecule is C=CCC(C)NC(=O)N1CCCC(CC)(C(=O)O)C1. The van der Waals surface area contributed by atoms with Gasteiger partial charge in [0.05, 0.1) is 5.41 Å². The molecular formula is C14H24N2O3. The van der Waals surface area contributed by atoms with Gasteiger partial charge in [-0.05, 0) is 32.6 Å². The minimum absolute atomic E-state index is 0.0211. The summed E-state index contributed by atoms with van der Waals surface area (Å²) >= 11 is 0. The predicted octanol–water partition coefficient (Wildman–Crippen LogP) is 2.24. The number of piperidine rings is 1. The smallest absolute Gasteiger partial charge is 0.317 e. The highest BCUT2D eigenvalue weighted by Crippen LogP contribution is 2.33. The molecule has 1 aliphatic heterocycles. The van der Waals surface area contributed by atoms with E-state index in [0.29, 0.717) is 32.4 Å². The van der Waals surface area contributed by atoms with Crippen LogP contribution in [0.2, 0.25) is 0 Å². The maximum Gasteiger partial charge on any atom is 0.317 e. The fourth-order valence-corrected chi connectivity index (χ4v) is 2.53. The summed E-state index contributed by atoms with van der Waals surface area (Å²) in [6, 6.07) is -0.152. The Hall–Kier alpha value is -1.52. The second kappa shape index (κ2) is 6.59. The molecule has 1 heterocycles. The lowest BCUT2D eigenvalue weighted by molar-refractivity contribution is -0.152. The van der Waals surface area contributed by atoms with Crippen LogP contribution in [-0.2, 0) is 4.79 Å². The molecule has 1 saturated heterocycles. The van der Waals surface area contributed by atoms with Gasteiger partial charge >= 0.3 is 12.0 Å². The predicted molar refractivity (Wildman–Crippen MR) is 74.0 cm³/mol. The third-order valence-electron chi connectivity index (χ3n) is 3.88. The summed E-state index contributed by atoms with van der Waals surface area (Å²) in [7, 11) is 0. The molecule has 1 fully saturated rings. The van der Waals surface area contributed by atoms with E-state index in [4.69, 9.17) is 0 Å². The molecule has 0 aromatic carbocycles. The molecule has 1 rings (SSSR count). The number of carbonyl (C=O) groups excluding carboxylic acids is 1. The number of rotatable bonds is 5. The minimum atomic E-state index is -0.799. The number of aliphatic carboxylic acids is 1. The average Bonchev–Trinajstić information content (AvgIpc) is 2.38. The number of hydrogen-bond donors (Lipinski definition) is 2. The van der Waals surface area contributed by atoms with Gasteiger partial charge in [0.25, 0.3) is 0 Å². The summed E-state index contributed by atoms with van der Waals surface area (Å²) in [6.07, 6.45) is 4.40. The van der Waals surface area contributed by atoms with E-state index in [-0.39, 0.29) is 12.1 Å². The molecule has 0 bridgehead atoms. The van der Waals surface area contributed by atoms with Crippen LogP contribution in [0, 0.1) is 5.41 Å². The van der Waals surface area contributed by atoms with E-state index in [0.717, 1.165) is 6.42 Å². The quantitative estimate of drug-likeness (QED) is 0.751. The molecule has 0 aliphatic carbocycles. The molecule has 5 heteroatoms. The van der Waals surface area contributed by atoms with Gasteiger partial charge < -0.3 is 15.3 Å². The number of nitrogens with zero attached hydrogens (tertiary/aromatic N) is 1. The van der Waals surface area contributed by atoms with E-state index >= 15 is 0 Å². The summed E-state index contributed by atoms with van der Waals surface area (Å²) in [6.45, 7) is 8.34. The van der Waals surface area contributed by atoms with Crippen molar-refractivity contribution in [3.63, 3.8) is 0 Å². The van der Waals surface area contributed by atoms with Gasteiger partial charge in [0.2, 0.25) is 0 Å². The molecule has 0 radical (unpaired) electrons. The van der Waals surface area contributed by atoms with Crippen LogP contribution in [-0.4, -0.2) is 41.1 Å². The Balaban J connectivity index is 2.66. The molecule has 0 saturated carbocycles. The summed E-state index contributed by atoms with van der Waals surface area (Å²) in [5, 5.41) is 12.3. The van der Waals surface area contributed by atoms with Crippen molar-refractivity contribution in [3.05, 3.63) is 12.7 Å². The number of carbonyl (C=O) groups is 2. The van der Waals surface area contributed by atoms with Crippen molar-refractivity contribution in [1.29, 1.82) is 0 Å². The molecule has 19 heavy (non-hydrogen) atoms. The fraction of sp³-hybridized carbons (Fsp3) is 0.714. The Morgan fingerprint density at radius 3 is 2.79 bits per heavy atom. The third kappa shape index (κ3) is 3.72. The van der Waals surface area contributed by atoms with Crippen molar-refractivity contribution >= 4 is 12.0 Å². The first-order valence-electron chi connectivity index (χ1n) is 6.85. The lowest BCUT2D eigenvalue weighted by atomic mass is 9.78. The van der Waals surface area contributed by atoms with Gasteiger partial charge in [0, 0.05) is 19.1 Å². The second-order valence-electron chi connectivity index (χ2n) is 5.34. The first-order chi connectivity index (χ1) is 8.95. The maximum atomic E-state index is 12.1. The van der Waals surface area contributed by atoms with Crippen molar-refractivity contribution in [2.75, 3.05) is 13.1 Å². The Kier molecular flexibility index (Phi) is 5.39. The molecule has 0 aromatic rings. The maximum absolute atomic E-state index is 12.1. The molecule has 0 aromatic heterocycles. The fourth-order valence-electron chi connectivity index (χ4n) is 2.53. The number of likely N-dealkylation sites (tertiary alicyclic amines) is 1. The number of urea groups is 1. The zero-order valence-electron chi connectivity index (χ0n) is 11.8. The van der Waals surface area contributed by atoms with Crippen molar-refractivity contribution in [3.8, 4) is 0 Å². The zero-order valence-corrected chi connectivity index (χ0v) is 11.8. The average molecular weight is 268 g/mol. The highest BCUT2D eigenvalue weighted by Gasteiger charge is 2.42. The number of hydrogen-bond acceptors (Lipinski definition) is 2. The van der Waals surface area contributed by atoms with Gasteiger partial charge in [-0.3, -0.25) is 4.79 Å². The Morgan fingerprint density at radius 1 is 1.58 bits per heavy atom. The standard InChI is InChI=1S/C14H24N2O3/c1-4-7-11(3)15-13(19)16-9-6-8-14(5-2,10-16)12(17)18/h4,11H,1,5-10H2,2-3H3,(H,15,19)(H,17,18). The molecule has 5 nitrogen and oxygen atoms in total. The van der Waals surface area contributed by atoms with Gasteiger partial charge in [-0.25, -0.2) is 4.79 Å². The van der Waals surface area contributed by atoms with Crippen molar-refractivity contribution in [2.45, 2.75) is 45.6 Å². The molecule has 2 N–H and O–H groups in total. The zero-order chi connectivity index (χ0) is 14.5. The molecule has 2 unspecified atom stereocenters. The molecule has 0 spiro atoms. The molecule has 2 amide bonds. The normalized spacial score (nSPS) is 24.6. The summed E-state index contributed by atoms with van der Waals surface area (Å²) in [4.78, 5) is 25.2. The van der Waals surface area contributed by atoms with E-state index in [1.807, 2.05) is 13.8 Å². The first-order valence-corrected chi connectivity index (χ1v) is 6.85. The van der Waals surface area contributed by atoms with Crippen LogP contribution in [0.3, 0.4) is 0 Å². The molecule has 108 valence electrons. The van der Waals surface area contributed by atoms with Gasteiger partial charge in [0.15, 0.2) is 0 Å². The largest absolute Gasteiger partial charge is 0.481 e. The van der Waals surface area contributed by atoms with E-state index in [1.165, 1.54) is 0 Å².